The maximum Gasteiger partial charge on any atom is 0.187 e. The first-order valence-corrected chi connectivity index (χ1v) is 7.44. The monoisotopic (exact) mass is 307 g/mol. The van der Waals surface area contributed by atoms with Gasteiger partial charge >= 0.3 is 0 Å². The van der Waals surface area contributed by atoms with Crippen molar-refractivity contribution in [3.63, 3.8) is 0 Å². The van der Waals surface area contributed by atoms with Crippen LogP contribution < -0.4 is 15.5 Å². The van der Waals surface area contributed by atoms with E-state index in [4.69, 9.17) is 21.7 Å². The second kappa shape index (κ2) is 7.95. The van der Waals surface area contributed by atoms with Gasteiger partial charge in [0.05, 0.1) is 18.9 Å². The Morgan fingerprint density at radius 3 is 3.10 bits per heavy atom. The summed E-state index contributed by atoms with van der Waals surface area (Å²) >= 11 is 5.20. The smallest absolute Gasteiger partial charge is 0.187 e. The van der Waals surface area contributed by atoms with Crippen LogP contribution in [0.2, 0.25) is 0 Å². The Hall–Kier alpha value is -1.66. The molecule has 5 nitrogen and oxygen atoms in total. The van der Waals surface area contributed by atoms with Gasteiger partial charge in [0.15, 0.2) is 5.11 Å². The number of hydrogen-bond donors (Lipinski definition) is 2. The van der Waals surface area contributed by atoms with E-state index in [1.54, 1.807) is 7.11 Å². The number of benzene rings is 1. The normalized spacial score (nSPS) is 18.4. The van der Waals surface area contributed by atoms with Crippen molar-refractivity contribution in [2.24, 2.45) is 5.10 Å². The number of methoxy groups -OCH3 is 1. The lowest BCUT2D eigenvalue weighted by Gasteiger charge is -2.12. The van der Waals surface area contributed by atoms with E-state index < -0.39 is 0 Å². The van der Waals surface area contributed by atoms with Gasteiger partial charge in [0.2, 0.25) is 0 Å². The lowest BCUT2D eigenvalue weighted by molar-refractivity contribution is 0.114. The Balaban J connectivity index is 1.82. The summed E-state index contributed by atoms with van der Waals surface area (Å²) in [6, 6.07) is 7.74. The van der Waals surface area contributed by atoms with Gasteiger partial charge < -0.3 is 14.8 Å². The van der Waals surface area contributed by atoms with Crippen molar-refractivity contribution in [2.45, 2.75) is 25.9 Å². The summed E-state index contributed by atoms with van der Waals surface area (Å²) in [6.07, 6.45) is 2.47. The molecule has 0 aromatic heterocycles. The average Bonchev–Trinajstić information content (AvgIpc) is 3.04. The van der Waals surface area contributed by atoms with Gasteiger partial charge in [0.25, 0.3) is 0 Å². The molecule has 0 bridgehead atoms. The number of ether oxygens (including phenoxy) is 2. The molecule has 0 unspecified atom stereocenters. The Morgan fingerprint density at radius 2 is 2.38 bits per heavy atom. The van der Waals surface area contributed by atoms with Crippen LogP contribution >= 0.6 is 12.2 Å². The van der Waals surface area contributed by atoms with Crippen LogP contribution in [0, 0.1) is 0 Å². The summed E-state index contributed by atoms with van der Waals surface area (Å²) in [4.78, 5) is 0. The van der Waals surface area contributed by atoms with E-state index in [-0.39, 0.29) is 6.10 Å². The van der Waals surface area contributed by atoms with Crippen LogP contribution in [-0.2, 0) is 4.74 Å². The van der Waals surface area contributed by atoms with Gasteiger partial charge in [0.1, 0.15) is 5.75 Å². The highest BCUT2D eigenvalue weighted by molar-refractivity contribution is 7.80. The van der Waals surface area contributed by atoms with Crippen molar-refractivity contribution in [3.05, 3.63) is 29.8 Å². The number of nitrogens with one attached hydrogen (secondary N) is 2. The molecule has 1 aliphatic heterocycles. The maximum atomic E-state index is 5.52. The molecular weight excluding hydrogens is 286 g/mol. The average molecular weight is 307 g/mol. The van der Waals surface area contributed by atoms with E-state index in [9.17, 15) is 0 Å². The second-order valence-corrected chi connectivity index (χ2v) is 5.29. The number of hydrogen-bond acceptors (Lipinski definition) is 4. The minimum Gasteiger partial charge on any atom is -0.497 e. The fraction of sp³-hybridized carbons (Fsp3) is 0.467. The molecule has 1 fully saturated rings. The molecule has 2 rings (SSSR count). The predicted molar refractivity (Wildman–Crippen MR) is 87.9 cm³/mol. The lowest BCUT2D eigenvalue weighted by atomic mass is 10.1. The number of hydrazone groups is 1. The Labute approximate surface area is 130 Å². The first-order valence-electron chi connectivity index (χ1n) is 7.03. The van der Waals surface area contributed by atoms with Gasteiger partial charge in [-0.15, -0.1) is 0 Å². The molecule has 0 saturated carbocycles. The van der Waals surface area contributed by atoms with Crippen LogP contribution in [0.25, 0.3) is 0 Å². The topological polar surface area (TPSA) is 54.9 Å². The van der Waals surface area contributed by atoms with E-state index in [1.165, 1.54) is 0 Å². The van der Waals surface area contributed by atoms with E-state index in [0.717, 1.165) is 43.0 Å². The van der Waals surface area contributed by atoms with Crippen LogP contribution in [-0.4, -0.2) is 37.2 Å². The SMILES string of the molecule is COc1cccc(/C(C)=N\NC(=S)NC[C@@H]2CCCO2)c1. The molecule has 21 heavy (non-hydrogen) atoms. The minimum atomic E-state index is 0.258. The van der Waals surface area contributed by atoms with Crippen LogP contribution in [0.5, 0.6) is 5.75 Å². The standard InChI is InChI=1S/C15H21N3O2S/c1-11(12-5-3-6-13(9-12)19-2)17-18-15(21)16-10-14-7-4-8-20-14/h3,5-6,9,14H,4,7-8,10H2,1-2H3,(H2,16,18,21)/b17-11-/t14-/m0/s1. The highest BCUT2D eigenvalue weighted by atomic mass is 32.1. The van der Waals surface area contributed by atoms with Crippen molar-refractivity contribution in [3.8, 4) is 5.75 Å². The largest absolute Gasteiger partial charge is 0.497 e. The Bertz CT molecular complexity index is 513. The summed E-state index contributed by atoms with van der Waals surface area (Å²) in [5, 5.41) is 7.91. The molecule has 1 atom stereocenters. The third-order valence-corrected chi connectivity index (χ3v) is 3.56. The zero-order valence-corrected chi connectivity index (χ0v) is 13.2. The van der Waals surface area contributed by atoms with Crippen LogP contribution in [0.1, 0.15) is 25.3 Å². The molecule has 2 N–H and O–H groups in total. The molecule has 0 radical (unpaired) electrons. The van der Waals surface area contributed by atoms with Crippen molar-refractivity contribution in [1.82, 2.24) is 10.7 Å². The maximum absolute atomic E-state index is 5.52. The first kappa shape index (κ1) is 15.7. The van der Waals surface area contributed by atoms with Gasteiger partial charge in [-0.1, -0.05) is 12.1 Å². The molecule has 0 spiro atoms. The molecule has 1 heterocycles. The Kier molecular flexibility index (Phi) is 5.95. The fourth-order valence-corrected chi connectivity index (χ4v) is 2.23. The minimum absolute atomic E-state index is 0.258. The molecule has 1 aromatic rings. The van der Waals surface area contributed by atoms with Crippen LogP contribution in [0.15, 0.2) is 29.4 Å². The van der Waals surface area contributed by atoms with E-state index in [2.05, 4.69) is 15.8 Å². The summed E-state index contributed by atoms with van der Waals surface area (Å²) in [7, 11) is 1.65. The second-order valence-electron chi connectivity index (χ2n) is 4.89. The summed E-state index contributed by atoms with van der Waals surface area (Å²) in [6.45, 7) is 3.49. The zero-order valence-electron chi connectivity index (χ0n) is 12.4. The van der Waals surface area contributed by atoms with Crippen molar-refractivity contribution in [1.29, 1.82) is 0 Å². The highest BCUT2D eigenvalue weighted by Gasteiger charge is 2.15. The highest BCUT2D eigenvalue weighted by Crippen LogP contribution is 2.13. The van der Waals surface area contributed by atoms with Crippen molar-refractivity contribution in [2.75, 3.05) is 20.3 Å². The van der Waals surface area contributed by atoms with Gasteiger partial charge in [-0.05, 0) is 44.1 Å². The zero-order chi connectivity index (χ0) is 15.1. The summed E-state index contributed by atoms with van der Waals surface area (Å²) in [5.41, 5.74) is 4.69. The van der Waals surface area contributed by atoms with Gasteiger partial charge in [0, 0.05) is 18.7 Å². The number of rotatable bonds is 5. The molecular formula is C15H21N3O2S. The van der Waals surface area contributed by atoms with Gasteiger partial charge in [-0.2, -0.15) is 5.10 Å². The molecule has 6 heteroatoms. The number of thiocarbonyl (C=S) groups is 1. The third kappa shape index (κ3) is 4.99. The summed E-state index contributed by atoms with van der Waals surface area (Å²) in [5.74, 6) is 0.807. The quantitative estimate of drug-likeness (QED) is 0.495. The first-order chi connectivity index (χ1) is 10.2. The summed E-state index contributed by atoms with van der Waals surface area (Å²) < 4.78 is 10.7. The van der Waals surface area contributed by atoms with Gasteiger partial charge in [-0.3, -0.25) is 5.43 Å². The Morgan fingerprint density at radius 1 is 1.52 bits per heavy atom. The lowest BCUT2D eigenvalue weighted by Crippen LogP contribution is -2.37. The van der Waals surface area contributed by atoms with Gasteiger partial charge in [-0.25, -0.2) is 0 Å². The van der Waals surface area contributed by atoms with E-state index in [1.807, 2.05) is 31.2 Å². The van der Waals surface area contributed by atoms with Crippen molar-refractivity contribution < 1.29 is 9.47 Å². The fourth-order valence-electron chi connectivity index (χ4n) is 2.10. The predicted octanol–water partition coefficient (Wildman–Crippen LogP) is 2.06. The molecule has 1 aromatic carbocycles. The van der Waals surface area contributed by atoms with Crippen LogP contribution in [0.3, 0.4) is 0 Å². The van der Waals surface area contributed by atoms with E-state index in [0.29, 0.717) is 5.11 Å². The molecule has 1 saturated heterocycles. The van der Waals surface area contributed by atoms with Crippen molar-refractivity contribution >= 4 is 23.0 Å². The molecule has 0 amide bonds. The van der Waals surface area contributed by atoms with Crippen LogP contribution in [0.4, 0.5) is 0 Å². The molecule has 114 valence electrons. The third-order valence-electron chi connectivity index (χ3n) is 3.33. The molecule has 0 aliphatic carbocycles. The molecule has 1 aliphatic rings. The van der Waals surface area contributed by atoms with E-state index >= 15 is 0 Å². The number of nitrogens with zero attached hydrogens (tertiary/aromatic N) is 1.